The van der Waals surface area contributed by atoms with Crippen LogP contribution in [0.15, 0.2) is 29.3 Å². The fraction of sp³-hybridized carbons (Fsp3) is 0.600. The van der Waals surface area contributed by atoms with Gasteiger partial charge in [0.2, 0.25) is 5.91 Å². The van der Waals surface area contributed by atoms with Gasteiger partial charge in [0.15, 0.2) is 5.96 Å². The zero-order chi connectivity index (χ0) is 20.1. The van der Waals surface area contributed by atoms with E-state index in [0.29, 0.717) is 32.3 Å². The van der Waals surface area contributed by atoms with Gasteiger partial charge < -0.3 is 24.6 Å². The van der Waals surface area contributed by atoms with E-state index in [0.717, 1.165) is 24.3 Å². The molecule has 1 amide bonds. The Morgan fingerprint density at radius 1 is 1.18 bits per heavy atom. The highest BCUT2D eigenvalue weighted by molar-refractivity contribution is 14.0. The summed E-state index contributed by atoms with van der Waals surface area (Å²) < 4.78 is 11.2. The summed E-state index contributed by atoms with van der Waals surface area (Å²) in [5.74, 6) is 1.54. The lowest BCUT2D eigenvalue weighted by molar-refractivity contribution is -0.127. The summed E-state index contributed by atoms with van der Waals surface area (Å²) in [5.41, 5.74) is 1.11. The molecule has 0 aliphatic carbocycles. The van der Waals surface area contributed by atoms with E-state index in [4.69, 9.17) is 9.47 Å². The van der Waals surface area contributed by atoms with E-state index >= 15 is 0 Å². The van der Waals surface area contributed by atoms with Crippen LogP contribution >= 0.6 is 24.0 Å². The molecule has 0 radical (unpaired) electrons. The van der Waals surface area contributed by atoms with E-state index in [-0.39, 0.29) is 36.4 Å². The van der Waals surface area contributed by atoms with Crippen molar-refractivity contribution in [2.75, 3.05) is 60.6 Å². The second-order valence-electron chi connectivity index (χ2n) is 6.44. The molecular weight excluding hydrogens is 471 g/mol. The minimum absolute atomic E-state index is 0. The molecule has 1 aromatic carbocycles. The van der Waals surface area contributed by atoms with Gasteiger partial charge >= 0.3 is 0 Å². The average Bonchev–Trinajstić information content (AvgIpc) is 2.65. The Bertz CT molecular complexity index is 597. The topological polar surface area (TPSA) is 66.4 Å². The van der Waals surface area contributed by atoms with Crippen LogP contribution in [0.1, 0.15) is 18.9 Å². The van der Waals surface area contributed by atoms with E-state index in [1.807, 2.05) is 50.1 Å². The first kappa shape index (κ1) is 26.4. The smallest absolute Gasteiger partial charge is 0.243 e. The quantitative estimate of drug-likeness (QED) is 0.216. The molecular formula is C20H35IN4O3. The molecule has 0 saturated carbocycles. The van der Waals surface area contributed by atoms with Gasteiger partial charge in [0.1, 0.15) is 18.9 Å². The number of rotatable bonds is 11. The van der Waals surface area contributed by atoms with Gasteiger partial charge in [0.05, 0.1) is 6.54 Å². The predicted molar refractivity (Wildman–Crippen MR) is 125 cm³/mol. The first-order valence-corrected chi connectivity index (χ1v) is 9.41. The number of carbonyl (C=O) groups excluding carboxylic acids is 1. The maximum atomic E-state index is 11.8. The average molecular weight is 506 g/mol. The summed E-state index contributed by atoms with van der Waals surface area (Å²) in [6.45, 7) is 7.46. The Kier molecular flexibility index (Phi) is 14.5. The van der Waals surface area contributed by atoms with E-state index in [1.165, 1.54) is 4.90 Å². The molecule has 8 heteroatoms. The third-order valence-electron chi connectivity index (χ3n) is 3.96. The maximum Gasteiger partial charge on any atom is 0.243 e. The monoisotopic (exact) mass is 506 g/mol. The highest BCUT2D eigenvalue weighted by atomic mass is 127. The van der Waals surface area contributed by atoms with E-state index in [9.17, 15) is 4.79 Å². The van der Waals surface area contributed by atoms with Crippen LogP contribution in [0.5, 0.6) is 5.75 Å². The number of nitrogens with zero attached hydrogens (tertiary/aromatic N) is 3. The fourth-order valence-electron chi connectivity index (χ4n) is 2.23. The van der Waals surface area contributed by atoms with Crippen molar-refractivity contribution < 1.29 is 14.3 Å². The van der Waals surface area contributed by atoms with Crippen LogP contribution in [0.25, 0.3) is 0 Å². The van der Waals surface area contributed by atoms with Crippen molar-refractivity contribution in [1.82, 2.24) is 15.1 Å². The van der Waals surface area contributed by atoms with Gasteiger partial charge in [-0.1, -0.05) is 18.2 Å². The molecule has 0 aliphatic heterocycles. The molecule has 0 aliphatic rings. The van der Waals surface area contributed by atoms with Crippen LogP contribution in [0, 0.1) is 6.92 Å². The zero-order valence-electron chi connectivity index (χ0n) is 17.7. The van der Waals surface area contributed by atoms with Gasteiger partial charge in [-0.3, -0.25) is 4.79 Å². The summed E-state index contributed by atoms with van der Waals surface area (Å²) >= 11 is 0. The van der Waals surface area contributed by atoms with Crippen LogP contribution < -0.4 is 10.1 Å². The Labute approximate surface area is 186 Å². The van der Waals surface area contributed by atoms with Crippen molar-refractivity contribution in [3.05, 3.63) is 29.8 Å². The number of aliphatic imine (C=N–C) groups is 1. The molecule has 0 atom stereocenters. The number of carbonyl (C=O) groups is 1. The predicted octanol–water partition coefficient (Wildman–Crippen LogP) is 2.38. The van der Waals surface area contributed by atoms with Crippen LogP contribution in [0.2, 0.25) is 0 Å². The molecule has 0 aromatic heterocycles. The molecule has 160 valence electrons. The standard InChI is InChI=1S/C20H34N4O3.HI/c1-6-26-14-9-12-21-20(22-16-19(25)23(3)4)24(5)13-15-27-18-11-8-7-10-17(18)2;/h7-8,10-11H,6,9,12-16H2,1-5H3,(H,21,22);1H. The number of benzene rings is 1. The Morgan fingerprint density at radius 3 is 2.54 bits per heavy atom. The highest BCUT2D eigenvalue weighted by Crippen LogP contribution is 2.15. The number of amides is 1. The number of hydrogen-bond donors (Lipinski definition) is 1. The van der Waals surface area contributed by atoms with Gasteiger partial charge in [0, 0.05) is 40.9 Å². The minimum Gasteiger partial charge on any atom is -0.491 e. The largest absolute Gasteiger partial charge is 0.491 e. The second-order valence-corrected chi connectivity index (χ2v) is 6.44. The highest BCUT2D eigenvalue weighted by Gasteiger charge is 2.09. The molecule has 1 rings (SSSR count). The number of ether oxygens (including phenoxy) is 2. The number of nitrogens with one attached hydrogen (secondary N) is 1. The van der Waals surface area contributed by atoms with Crippen molar-refractivity contribution >= 4 is 35.8 Å². The van der Waals surface area contributed by atoms with Crippen molar-refractivity contribution in [3.63, 3.8) is 0 Å². The Balaban J connectivity index is 0.00000729. The van der Waals surface area contributed by atoms with Crippen LogP contribution in [0.4, 0.5) is 0 Å². The summed E-state index contributed by atoms with van der Waals surface area (Å²) in [4.78, 5) is 19.8. The van der Waals surface area contributed by atoms with Gasteiger partial charge in [-0.2, -0.15) is 0 Å². The molecule has 1 N–H and O–H groups in total. The fourth-order valence-corrected chi connectivity index (χ4v) is 2.23. The minimum atomic E-state index is -0.0341. The number of para-hydroxylation sites is 1. The lowest BCUT2D eigenvalue weighted by atomic mass is 10.2. The second kappa shape index (κ2) is 15.4. The summed E-state index contributed by atoms with van der Waals surface area (Å²) in [5, 5.41) is 3.30. The molecule has 0 bridgehead atoms. The van der Waals surface area contributed by atoms with E-state index in [2.05, 4.69) is 10.3 Å². The van der Waals surface area contributed by atoms with Crippen LogP contribution in [0.3, 0.4) is 0 Å². The summed E-state index contributed by atoms with van der Waals surface area (Å²) in [7, 11) is 5.40. The van der Waals surface area contributed by atoms with E-state index in [1.54, 1.807) is 14.1 Å². The Hall–Kier alpha value is -1.55. The number of guanidine groups is 1. The van der Waals surface area contributed by atoms with Crippen LogP contribution in [-0.4, -0.2) is 82.3 Å². The molecule has 7 nitrogen and oxygen atoms in total. The first-order valence-electron chi connectivity index (χ1n) is 9.41. The molecule has 28 heavy (non-hydrogen) atoms. The number of likely N-dealkylation sites (N-methyl/N-ethyl adjacent to an activating group) is 2. The lowest BCUT2D eigenvalue weighted by Crippen LogP contribution is -2.42. The molecule has 0 saturated heterocycles. The molecule has 0 unspecified atom stereocenters. The normalized spacial score (nSPS) is 10.8. The SMILES string of the molecule is CCOCCCNC(=NCC(=O)N(C)C)N(C)CCOc1ccccc1C.I. The summed E-state index contributed by atoms with van der Waals surface area (Å²) in [6.07, 6.45) is 0.877. The molecule has 0 fully saturated rings. The number of hydrogen-bond acceptors (Lipinski definition) is 4. The zero-order valence-corrected chi connectivity index (χ0v) is 20.1. The third-order valence-corrected chi connectivity index (χ3v) is 3.96. The maximum absolute atomic E-state index is 11.8. The van der Waals surface area contributed by atoms with E-state index < -0.39 is 0 Å². The number of halogens is 1. The molecule has 0 spiro atoms. The lowest BCUT2D eigenvalue weighted by Gasteiger charge is -2.23. The molecule has 0 heterocycles. The van der Waals surface area contributed by atoms with Crippen LogP contribution in [-0.2, 0) is 9.53 Å². The third kappa shape index (κ3) is 10.7. The van der Waals surface area contributed by atoms with Crippen molar-refractivity contribution in [1.29, 1.82) is 0 Å². The Morgan fingerprint density at radius 2 is 1.89 bits per heavy atom. The van der Waals surface area contributed by atoms with Gasteiger partial charge in [-0.25, -0.2) is 4.99 Å². The van der Waals surface area contributed by atoms with Crippen molar-refractivity contribution in [2.24, 2.45) is 4.99 Å². The van der Waals surface area contributed by atoms with Crippen molar-refractivity contribution in [2.45, 2.75) is 20.3 Å². The molecule has 1 aromatic rings. The summed E-state index contributed by atoms with van der Waals surface area (Å²) in [6, 6.07) is 7.95. The van der Waals surface area contributed by atoms with Crippen molar-refractivity contribution in [3.8, 4) is 5.75 Å². The van der Waals surface area contributed by atoms with Gasteiger partial charge in [-0.15, -0.1) is 24.0 Å². The van der Waals surface area contributed by atoms with Gasteiger partial charge in [-0.05, 0) is 31.9 Å². The number of aryl methyl sites for hydroxylation is 1. The van der Waals surface area contributed by atoms with Gasteiger partial charge in [0.25, 0.3) is 0 Å². The first-order chi connectivity index (χ1) is 13.0.